The molecule has 0 fully saturated rings. The number of hydrogen-bond donors (Lipinski definition) is 2. The highest BCUT2D eigenvalue weighted by Gasteiger charge is 1.96. The van der Waals surface area contributed by atoms with E-state index in [1.807, 2.05) is 0 Å². The molecule has 0 aliphatic heterocycles. The van der Waals surface area contributed by atoms with Crippen LogP contribution in [0.3, 0.4) is 0 Å². The van der Waals surface area contributed by atoms with Crippen molar-refractivity contribution in [2.75, 3.05) is 17.6 Å². The number of aryl methyl sites for hydroxylation is 1. The van der Waals surface area contributed by atoms with E-state index in [0.29, 0.717) is 5.82 Å². The lowest BCUT2D eigenvalue weighted by Gasteiger charge is -2.05. The lowest BCUT2D eigenvalue weighted by molar-refractivity contribution is 0.998. The zero-order valence-corrected chi connectivity index (χ0v) is 9.85. The summed E-state index contributed by atoms with van der Waals surface area (Å²) in [4.78, 5) is 8.10. The average Bonchev–Trinajstić information content (AvgIpc) is 2.32. The predicted molar refractivity (Wildman–Crippen MR) is 69.8 cm³/mol. The number of anilines is 2. The van der Waals surface area contributed by atoms with Crippen LogP contribution in [0.25, 0.3) is 0 Å². The van der Waals surface area contributed by atoms with Crippen LogP contribution in [0.5, 0.6) is 0 Å². The molecule has 4 heteroatoms. The third-order valence-corrected chi connectivity index (χ3v) is 2.47. The van der Waals surface area contributed by atoms with E-state index in [1.165, 1.54) is 11.1 Å². The number of nitrogens with two attached hydrogens (primary N) is 1. The summed E-state index contributed by atoms with van der Waals surface area (Å²) in [5.41, 5.74) is 8.07. The second-order valence-electron chi connectivity index (χ2n) is 3.99. The first-order valence-corrected chi connectivity index (χ1v) is 5.61. The first-order valence-electron chi connectivity index (χ1n) is 5.61. The Morgan fingerprint density at radius 3 is 2.82 bits per heavy atom. The Hall–Kier alpha value is -2.10. The second kappa shape index (κ2) is 5.30. The van der Waals surface area contributed by atoms with Gasteiger partial charge in [0.1, 0.15) is 11.6 Å². The zero-order chi connectivity index (χ0) is 12.1. The fraction of sp³-hybridized carbons (Fsp3) is 0.231. The maximum absolute atomic E-state index is 5.46. The molecule has 0 aliphatic carbocycles. The molecule has 1 heterocycles. The summed E-state index contributed by atoms with van der Waals surface area (Å²) in [7, 11) is 0. The van der Waals surface area contributed by atoms with Crippen molar-refractivity contribution in [3.8, 4) is 0 Å². The number of benzene rings is 1. The minimum Gasteiger partial charge on any atom is -0.382 e. The van der Waals surface area contributed by atoms with Gasteiger partial charge in [-0.25, -0.2) is 9.97 Å². The Labute approximate surface area is 101 Å². The van der Waals surface area contributed by atoms with Gasteiger partial charge in [-0.3, -0.25) is 0 Å². The quantitative estimate of drug-likeness (QED) is 0.840. The Kier molecular flexibility index (Phi) is 3.55. The summed E-state index contributed by atoms with van der Waals surface area (Å²) in [6.45, 7) is 2.93. The third-order valence-electron chi connectivity index (χ3n) is 2.47. The Bertz CT molecular complexity index is 479. The molecule has 4 nitrogen and oxygen atoms in total. The van der Waals surface area contributed by atoms with Gasteiger partial charge in [-0.05, 0) is 18.9 Å². The highest BCUT2D eigenvalue weighted by molar-refractivity contribution is 5.36. The lowest BCUT2D eigenvalue weighted by Crippen LogP contribution is -2.07. The van der Waals surface area contributed by atoms with E-state index < -0.39 is 0 Å². The van der Waals surface area contributed by atoms with Crippen molar-refractivity contribution >= 4 is 11.6 Å². The maximum atomic E-state index is 5.46. The van der Waals surface area contributed by atoms with Crippen LogP contribution in [-0.4, -0.2) is 16.5 Å². The molecule has 2 rings (SSSR count). The monoisotopic (exact) mass is 228 g/mol. The van der Waals surface area contributed by atoms with Crippen LogP contribution < -0.4 is 11.1 Å². The molecule has 0 saturated carbocycles. The summed E-state index contributed by atoms with van der Waals surface area (Å²) in [5.74, 6) is 1.20. The fourth-order valence-corrected chi connectivity index (χ4v) is 1.63. The van der Waals surface area contributed by atoms with Gasteiger partial charge >= 0.3 is 0 Å². The Morgan fingerprint density at radius 1 is 1.24 bits per heavy atom. The molecule has 0 amide bonds. The largest absolute Gasteiger partial charge is 0.382 e. The average molecular weight is 228 g/mol. The molecule has 0 saturated heterocycles. The zero-order valence-electron chi connectivity index (χ0n) is 9.85. The summed E-state index contributed by atoms with van der Waals surface area (Å²) < 4.78 is 0. The van der Waals surface area contributed by atoms with Crippen LogP contribution in [0.2, 0.25) is 0 Å². The molecular weight excluding hydrogens is 212 g/mol. The standard InChI is InChI=1S/C13H16N4/c1-10-3-2-4-11(7-10)5-6-15-13-9-16-12(14)8-17-13/h2-4,7-9H,5-6H2,1H3,(H2,14,16)(H,15,17). The van der Waals surface area contributed by atoms with Gasteiger partial charge in [0.2, 0.25) is 0 Å². The number of hydrogen-bond acceptors (Lipinski definition) is 4. The number of aromatic nitrogens is 2. The summed E-state index contributed by atoms with van der Waals surface area (Å²) in [6.07, 6.45) is 4.16. The molecule has 17 heavy (non-hydrogen) atoms. The highest BCUT2D eigenvalue weighted by atomic mass is 15.0. The summed E-state index contributed by atoms with van der Waals surface area (Å²) in [6, 6.07) is 8.50. The van der Waals surface area contributed by atoms with Crippen molar-refractivity contribution in [1.29, 1.82) is 0 Å². The van der Waals surface area contributed by atoms with Crippen LogP contribution >= 0.6 is 0 Å². The molecule has 1 aromatic heterocycles. The second-order valence-corrected chi connectivity index (χ2v) is 3.99. The number of nitrogens with one attached hydrogen (secondary N) is 1. The minimum absolute atomic E-state index is 0.439. The molecule has 0 bridgehead atoms. The van der Waals surface area contributed by atoms with Crippen LogP contribution in [0.15, 0.2) is 36.7 Å². The van der Waals surface area contributed by atoms with Crippen molar-refractivity contribution in [2.45, 2.75) is 13.3 Å². The molecule has 0 unspecified atom stereocenters. The van der Waals surface area contributed by atoms with E-state index in [2.05, 4.69) is 46.5 Å². The topological polar surface area (TPSA) is 63.8 Å². The van der Waals surface area contributed by atoms with Gasteiger partial charge in [-0.2, -0.15) is 0 Å². The number of rotatable bonds is 4. The van der Waals surface area contributed by atoms with Gasteiger partial charge in [-0.1, -0.05) is 29.8 Å². The Balaban J connectivity index is 1.85. The molecule has 0 spiro atoms. The van der Waals surface area contributed by atoms with Gasteiger partial charge < -0.3 is 11.1 Å². The van der Waals surface area contributed by atoms with Crippen molar-refractivity contribution in [3.05, 3.63) is 47.8 Å². The van der Waals surface area contributed by atoms with E-state index in [-0.39, 0.29) is 0 Å². The molecule has 0 aliphatic rings. The molecule has 0 atom stereocenters. The van der Waals surface area contributed by atoms with E-state index in [1.54, 1.807) is 12.4 Å². The Morgan fingerprint density at radius 2 is 2.12 bits per heavy atom. The van der Waals surface area contributed by atoms with Gasteiger partial charge in [0, 0.05) is 6.54 Å². The first-order chi connectivity index (χ1) is 8.24. The van der Waals surface area contributed by atoms with Crippen LogP contribution in [0.4, 0.5) is 11.6 Å². The van der Waals surface area contributed by atoms with Gasteiger partial charge in [0.25, 0.3) is 0 Å². The minimum atomic E-state index is 0.439. The van der Waals surface area contributed by atoms with Gasteiger partial charge in [0.15, 0.2) is 0 Å². The molecule has 1 aromatic carbocycles. The predicted octanol–water partition coefficient (Wildman–Crippen LogP) is 2.02. The van der Waals surface area contributed by atoms with Crippen molar-refractivity contribution in [2.24, 2.45) is 0 Å². The van der Waals surface area contributed by atoms with Crippen LogP contribution in [0, 0.1) is 6.92 Å². The molecule has 0 radical (unpaired) electrons. The summed E-state index contributed by atoms with van der Waals surface area (Å²) in [5, 5.41) is 3.21. The van der Waals surface area contributed by atoms with E-state index in [0.717, 1.165) is 18.8 Å². The lowest BCUT2D eigenvalue weighted by atomic mass is 10.1. The van der Waals surface area contributed by atoms with Crippen molar-refractivity contribution < 1.29 is 0 Å². The highest BCUT2D eigenvalue weighted by Crippen LogP contribution is 2.06. The van der Waals surface area contributed by atoms with E-state index in [9.17, 15) is 0 Å². The van der Waals surface area contributed by atoms with Crippen molar-refractivity contribution in [3.63, 3.8) is 0 Å². The van der Waals surface area contributed by atoms with E-state index in [4.69, 9.17) is 5.73 Å². The molecule has 3 N–H and O–H groups in total. The first kappa shape index (κ1) is 11.4. The molecule has 88 valence electrons. The maximum Gasteiger partial charge on any atom is 0.144 e. The molecular formula is C13H16N4. The van der Waals surface area contributed by atoms with Gasteiger partial charge in [0.05, 0.1) is 12.4 Å². The van der Waals surface area contributed by atoms with Crippen LogP contribution in [0.1, 0.15) is 11.1 Å². The smallest absolute Gasteiger partial charge is 0.144 e. The third kappa shape index (κ3) is 3.45. The number of nitrogen functional groups attached to an aromatic ring is 1. The summed E-state index contributed by atoms with van der Waals surface area (Å²) >= 11 is 0. The van der Waals surface area contributed by atoms with Crippen molar-refractivity contribution in [1.82, 2.24) is 9.97 Å². The fourth-order valence-electron chi connectivity index (χ4n) is 1.63. The van der Waals surface area contributed by atoms with Crippen LogP contribution in [-0.2, 0) is 6.42 Å². The normalized spacial score (nSPS) is 10.2. The number of nitrogens with zero attached hydrogens (tertiary/aromatic N) is 2. The van der Waals surface area contributed by atoms with Gasteiger partial charge in [-0.15, -0.1) is 0 Å². The van der Waals surface area contributed by atoms with E-state index >= 15 is 0 Å². The molecule has 2 aromatic rings. The SMILES string of the molecule is Cc1cccc(CCNc2cnc(N)cn2)c1.